The van der Waals surface area contributed by atoms with E-state index in [1.807, 2.05) is 0 Å². The number of nitrogens with zero attached hydrogens (tertiary/aromatic N) is 4. The van der Waals surface area contributed by atoms with E-state index < -0.39 is 96.0 Å². The molecule has 3 aliphatic heterocycles. The largest absolute Gasteiger partial charge is 0.486 e. The number of phosphoric ester groups is 1. The van der Waals surface area contributed by atoms with E-state index in [4.69, 9.17) is 33.7 Å². The van der Waals surface area contributed by atoms with Gasteiger partial charge in [0.2, 0.25) is 0 Å². The highest BCUT2D eigenvalue weighted by Crippen LogP contribution is 2.62. The molecule has 3 saturated heterocycles. The van der Waals surface area contributed by atoms with Gasteiger partial charge >= 0.3 is 15.6 Å². The fraction of sp³-hybridized carbons (Fsp3) is 0.750. The summed E-state index contributed by atoms with van der Waals surface area (Å²) < 4.78 is 64.3. The summed E-state index contributed by atoms with van der Waals surface area (Å²) in [6, 6.07) is 0. The maximum atomic E-state index is 13.5. The standard InChI is InChI=1S/C20H31N5O16P2/c1-20(2)38-14-8(36-18(15(14)39-20)25-6-24-9-16(21)22-5-23-17(9)25)4-35-43(34,41-42(31,32)33)40-19-12(30)10(28)11(29)13(37-19)7(27)3-26/h5-8,10-15,18-19,26-30H,3-4H2,1-2H3,(H2,21,22,23)(H2,31,32,33)/t7?,8-,10+,11+,12+,13-,14-,15-,18-,19+,43?/m1/s1. The van der Waals surface area contributed by atoms with Crippen molar-refractivity contribution in [3.63, 3.8) is 0 Å². The predicted molar refractivity (Wildman–Crippen MR) is 135 cm³/mol. The van der Waals surface area contributed by atoms with E-state index in [1.165, 1.54) is 17.2 Å². The van der Waals surface area contributed by atoms with Crippen LogP contribution in [0.4, 0.5) is 5.82 Å². The first-order valence-corrected chi connectivity index (χ1v) is 15.6. The summed E-state index contributed by atoms with van der Waals surface area (Å²) in [5.41, 5.74) is 6.44. The van der Waals surface area contributed by atoms with Crippen molar-refractivity contribution >= 4 is 32.6 Å². The van der Waals surface area contributed by atoms with Gasteiger partial charge in [-0.2, -0.15) is 4.31 Å². The van der Waals surface area contributed by atoms with Crippen molar-refractivity contribution in [1.82, 2.24) is 19.5 Å². The number of aliphatic hydroxyl groups is 5. The number of rotatable bonds is 10. The normalized spacial score (nSPS) is 36.4. The molecule has 21 nitrogen and oxygen atoms in total. The Hall–Kier alpha value is -1.75. The minimum absolute atomic E-state index is 0.105. The first-order valence-electron chi connectivity index (χ1n) is 12.6. The van der Waals surface area contributed by atoms with Gasteiger partial charge in [0.15, 0.2) is 29.8 Å². The van der Waals surface area contributed by atoms with E-state index >= 15 is 0 Å². The van der Waals surface area contributed by atoms with Gasteiger partial charge in [-0.05, 0) is 13.8 Å². The van der Waals surface area contributed by atoms with Gasteiger partial charge in [0.05, 0.1) is 19.5 Å². The molecule has 2 aromatic heterocycles. The number of hydrogen-bond donors (Lipinski definition) is 8. The number of anilines is 1. The van der Waals surface area contributed by atoms with E-state index in [2.05, 4.69) is 19.3 Å². The molecule has 0 bridgehead atoms. The van der Waals surface area contributed by atoms with Crippen molar-refractivity contribution in [3.05, 3.63) is 12.7 Å². The average Bonchev–Trinajstić information content (AvgIpc) is 3.57. The van der Waals surface area contributed by atoms with Crippen LogP contribution in [-0.2, 0) is 41.4 Å². The third-order valence-electron chi connectivity index (χ3n) is 6.80. The Balaban J connectivity index is 1.38. The van der Waals surface area contributed by atoms with Crippen molar-refractivity contribution < 1.29 is 76.8 Å². The van der Waals surface area contributed by atoms with Crippen LogP contribution in [-0.4, -0.2) is 129 Å². The van der Waals surface area contributed by atoms with Gasteiger partial charge in [0.25, 0.3) is 0 Å². The lowest BCUT2D eigenvalue weighted by Crippen LogP contribution is -2.61. The molecule has 0 amide bonds. The molecule has 0 radical (unpaired) electrons. The lowest BCUT2D eigenvalue weighted by Gasteiger charge is -2.41. The number of fused-ring (bicyclic) bond motifs is 2. The van der Waals surface area contributed by atoms with Gasteiger partial charge in [-0.15, -0.1) is 0 Å². The number of imidazole rings is 1. The van der Waals surface area contributed by atoms with E-state index in [-0.39, 0.29) is 17.0 Å². The Morgan fingerprint density at radius 3 is 2.44 bits per heavy atom. The zero-order chi connectivity index (χ0) is 31.5. The second-order valence-electron chi connectivity index (χ2n) is 10.3. The topological polar surface area (TPSA) is 310 Å². The van der Waals surface area contributed by atoms with Crippen molar-refractivity contribution in [1.29, 1.82) is 0 Å². The van der Waals surface area contributed by atoms with Crippen LogP contribution >= 0.6 is 15.6 Å². The number of nitrogen functional groups attached to an aromatic ring is 1. The van der Waals surface area contributed by atoms with E-state index in [0.717, 1.165) is 0 Å². The van der Waals surface area contributed by atoms with E-state index in [9.17, 15) is 44.4 Å². The smallest absolute Gasteiger partial charge is 0.394 e. The molecular formula is C20H31N5O16P2. The number of phosphoric acid groups is 2. The summed E-state index contributed by atoms with van der Waals surface area (Å²) in [4.78, 5) is 31.1. The highest BCUT2D eigenvalue weighted by atomic mass is 31.3. The monoisotopic (exact) mass is 659 g/mol. The Kier molecular flexibility index (Phi) is 9.02. The summed E-state index contributed by atoms with van der Waals surface area (Å²) in [5.74, 6) is -1.03. The molecule has 2 unspecified atom stereocenters. The Morgan fingerprint density at radius 1 is 1.07 bits per heavy atom. The van der Waals surface area contributed by atoms with Gasteiger partial charge in [0.1, 0.15) is 60.7 Å². The highest BCUT2D eigenvalue weighted by molar-refractivity contribution is 7.61. The molecule has 0 saturated carbocycles. The molecule has 3 aliphatic rings. The van der Waals surface area contributed by atoms with Gasteiger partial charge in [-0.25, -0.2) is 24.1 Å². The average molecular weight is 659 g/mol. The van der Waals surface area contributed by atoms with Crippen molar-refractivity contribution in [2.24, 2.45) is 0 Å². The third-order valence-corrected chi connectivity index (χ3v) is 9.38. The van der Waals surface area contributed by atoms with Crippen LogP contribution in [0.2, 0.25) is 0 Å². The van der Waals surface area contributed by atoms with Crippen LogP contribution in [0.5, 0.6) is 0 Å². The molecular weight excluding hydrogens is 628 g/mol. The molecule has 2 aromatic rings. The Morgan fingerprint density at radius 2 is 1.77 bits per heavy atom. The molecule has 11 atom stereocenters. The predicted octanol–water partition coefficient (Wildman–Crippen LogP) is -2.76. The van der Waals surface area contributed by atoms with Crippen LogP contribution in [0.3, 0.4) is 0 Å². The first kappa shape index (κ1) is 32.6. The van der Waals surface area contributed by atoms with Crippen LogP contribution in [0.1, 0.15) is 20.1 Å². The molecule has 0 aromatic carbocycles. The van der Waals surface area contributed by atoms with Crippen LogP contribution < -0.4 is 5.73 Å². The lowest BCUT2D eigenvalue weighted by atomic mass is 9.96. The summed E-state index contributed by atoms with van der Waals surface area (Å²) >= 11 is 0. The quantitative estimate of drug-likeness (QED) is 0.120. The molecule has 3 fully saturated rings. The number of aliphatic hydroxyl groups excluding tert-OH is 5. The molecule has 23 heteroatoms. The molecule has 9 N–H and O–H groups in total. The van der Waals surface area contributed by atoms with Crippen LogP contribution in [0.25, 0.3) is 11.2 Å². The highest BCUT2D eigenvalue weighted by Gasteiger charge is 2.57. The van der Waals surface area contributed by atoms with Gasteiger partial charge in [-0.1, -0.05) is 0 Å². The second kappa shape index (κ2) is 11.9. The fourth-order valence-electron chi connectivity index (χ4n) is 4.95. The number of aromatic nitrogens is 4. The number of ether oxygens (including phenoxy) is 4. The van der Waals surface area contributed by atoms with Crippen molar-refractivity contribution in [2.75, 3.05) is 18.9 Å². The van der Waals surface area contributed by atoms with Gasteiger partial charge < -0.3 is 60.0 Å². The minimum atomic E-state index is -5.62. The maximum Gasteiger partial charge on any atom is 0.486 e. The van der Waals surface area contributed by atoms with E-state index in [1.54, 1.807) is 13.8 Å². The summed E-state index contributed by atoms with van der Waals surface area (Å²) in [6.45, 7) is 1.51. The molecule has 5 heterocycles. The zero-order valence-corrected chi connectivity index (χ0v) is 24.2. The first-order chi connectivity index (χ1) is 20.0. The molecule has 5 rings (SSSR count). The van der Waals surface area contributed by atoms with E-state index in [0.29, 0.717) is 0 Å². The summed E-state index contributed by atoms with van der Waals surface area (Å²) in [7, 11) is -11.0. The van der Waals surface area contributed by atoms with Crippen molar-refractivity contribution in [2.45, 2.75) is 81.0 Å². The Labute approximate surface area is 241 Å². The second-order valence-corrected chi connectivity index (χ2v) is 13.3. The molecule has 0 spiro atoms. The van der Waals surface area contributed by atoms with Gasteiger partial charge in [-0.3, -0.25) is 13.6 Å². The Bertz CT molecular complexity index is 1410. The molecule has 0 aliphatic carbocycles. The lowest BCUT2D eigenvalue weighted by molar-refractivity contribution is -0.293. The van der Waals surface area contributed by atoms with Crippen LogP contribution in [0.15, 0.2) is 12.7 Å². The zero-order valence-electron chi connectivity index (χ0n) is 22.4. The molecule has 242 valence electrons. The van der Waals surface area contributed by atoms with Gasteiger partial charge in [0, 0.05) is 0 Å². The maximum absolute atomic E-state index is 13.5. The fourth-order valence-corrected chi connectivity index (χ4v) is 7.16. The van der Waals surface area contributed by atoms with Crippen LogP contribution in [0, 0.1) is 0 Å². The summed E-state index contributed by atoms with van der Waals surface area (Å²) in [6.07, 6.45) is -13.3. The number of hydrogen-bond acceptors (Lipinski definition) is 18. The third kappa shape index (κ3) is 6.63. The summed E-state index contributed by atoms with van der Waals surface area (Å²) in [5, 5.41) is 49.7. The molecule has 43 heavy (non-hydrogen) atoms. The number of nitrogens with two attached hydrogens (primary N) is 1. The minimum Gasteiger partial charge on any atom is -0.394 e. The SMILES string of the molecule is CC1(C)O[C@@H]2[C@H](O1)[C@@H](COP(=O)(O[C@@H]1O[C@H](C(O)CO)[C@@H](O)[C@H](O)[C@@H]1O)OP(=O)(O)O)O[C@H]2n1cnc2c(N)ncnc21. The van der Waals surface area contributed by atoms with Crippen molar-refractivity contribution in [3.8, 4) is 0 Å².